The van der Waals surface area contributed by atoms with Gasteiger partial charge in [-0.2, -0.15) is 0 Å². The van der Waals surface area contributed by atoms with Crippen LogP contribution < -0.4 is 0 Å². The van der Waals surface area contributed by atoms with Crippen molar-refractivity contribution in [3.63, 3.8) is 0 Å². The number of ether oxygens (including phenoxy) is 2. The van der Waals surface area contributed by atoms with Crippen molar-refractivity contribution in [1.82, 2.24) is 0 Å². The van der Waals surface area contributed by atoms with Crippen molar-refractivity contribution in [2.75, 3.05) is 19.8 Å². The van der Waals surface area contributed by atoms with Crippen molar-refractivity contribution in [2.24, 2.45) is 5.92 Å². The average molecular weight is 168 g/mol. The zero-order chi connectivity index (χ0) is 8.97. The molecule has 0 aromatic heterocycles. The highest BCUT2D eigenvalue weighted by Gasteiger charge is 2.25. The molecule has 0 bridgehead atoms. The minimum atomic E-state index is 0.220. The maximum atomic E-state index is 5.75. The highest BCUT2D eigenvalue weighted by atomic mass is 16.5. The molecule has 68 valence electrons. The molecular formula is C9H17BO2. The van der Waals surface area contributed by atoms with Crippen LogP contribution in [-0.2, 0) is 9.47 Å². The standard InChI is InChI=1S/C9H17BO2/c1-3-11-6-9-7(2)4-8(10)5-12-9/h7-9H,3-6H2,1-2H3. The fourth-order valence-electron chi connectivity index (χ4n) is 1.56. The van der Waals surface area contributed by atoms with Crippen LogP contribution in [0.2, 0.25) is 5.82 Å². The van der Waals surface area contributed by atoms with E-state index < -0.39 is 0 Å². The van der Waals surface area contributed by atoms with E-state index in [0.29, 0.717) is 19.1 Å². The van der Waals surface area contributed by atoms with E-state index in [1.165, 1.54) is 0 Å². The Bertz CT molecular complexity index is 128. The third-order valence-electron chi connectivity index (χ3n) is 2.32. The molecule has 0 aliphatic carbocycles. The summed E-state index contributed by atoms with van der Waals surface area (Å²) in [4.78, 5) is 0. The first kappa shape index (κ1) is 10.1. The maximum absolute atomic E-state index is 5.75. The van der Waals surface area contributed by atoms with Crippen LogP contribution in [0.3, 0.4) is 0 Å². The van der Waals surface area contributed by atoms with Gasteiger partial charge in [0, 0.05) is 13.2 Å². The molecular weight excluding hydrogens is 151 g/mol. The SMILES string of the molecule is [B]C1COC(COCC)C(C)C1. The predicted octanol–water partition coefficient (Wildman–Crippen LogP) is 1.40. The minimum Gasteiger partial charge on any atom is -0.379 e. The summed E-state index contributed by atoms with van der Waals surface area (Å²) in [5.41, 5.74) is 0. The van der Waals surface area contributed by atoms with Gasteiger partial charge in [0.1, 0.15) is 0 Å². The summed E-state index contributed by atoms with van der Waals surface area (Å²) in [7, 11) is 5.75. The summed E-state index contributed by atoms with van der Waals surface area (Å²) < 4.78 is 10.9. The average Bonchev–Trinajstić information content (AvgIpc) is 2.03. The van der Waals surface area contributed by atoms with Crippen LogP contribution in [0, 0.1) is 5.92 Å². The zero-order valence-corrected chi connectivity index (χ0v) is 7.95. The Hall–Kier alpha value is -0.0151. The Labute approximate surface area is 76.0 Å². The van der Waals surface area contributed by atoms with Gasteiger partial charge in [-0.05, 0) is 12.8 Å². The fourth-order valence-corrected chi connectivity index (χ4v) is 1.56. The lowest BCUT2D eigenvalue weighted by Gasteiger charge is -2.32. The molecule has 0 saturated carbocycles. The van der Waals surface area contributed by atoms with Crippen LogP contribution in [-0.4, -0.2) is 33.8 Å². The van der Waals surface area contributed by atoms with Gasteiger partial charge in [0.25, 0.3) is 0 Å². The van der Waals surface area contributed by atoms with Crippen LogP contribution in [0.5, 0.6) is 0 Å². The van der Waals surface area contributed by atoms with Crippen molar-refractivity contribution in [1.29, 1.82) is 0 Å². The lowest BCUT2D eigenvalue weighted by Crippen LogP contribution is -2.34. The molecule has 1 aliphatic heterocycles. The molecule has 2 nitrogen and oxygen atoms in total. The second-order valence-corrected chi connectivity index (χ2v) is 3.50. The third-order valence-corrected chi connectivity index (χ3v) is 2.32. The Morgan fingerprint density at radius 2 is 2.33 bits per heavy atom. The van der Waals surface area contributed by atoms with E-state index in [-0.39, 0.29) is 11.9 Å². The monoisotopic (exact) mass is 168 g/mol. The molecule has 12 heavy (non-hydrogen) atoms. The van der Waals surface area contributed by atoms with Gasteiger partial charge in [-0.25, -0.2) is 0 Å². The molecule has 1 aliphatic rings. The van der Waals surface area contributed by atoms with Crippen molar-refractivity contribution >= 4 is 7.85 Å². The zero-order valence-electron chi connectivity index (χ0n) is 7.95. The molecule has 0 aromatic rings. The van der Waals surface area contributed by atoms with E-state index in [4.69, 9.17) is 17.3 Å². The summed E-state index contributed by atoms with van der Waals surface area (Å²) >= 11 is 0. The first-order valence-electron chi connectivity index (χ1n) is 4.69. The molecule has 0 amide bonds. The molecule has 1 heterocycles. The fraction of sp³-hybridized carbons (Fsp3) is 1.00. The van der Waals surface area contributed by atoms with Crippen LogP contribution in [0.25, 0.3) is 0 Å². The smallest absolute Gasteiger partial charge is 0.0833 e. The van der Waals surface area contributed by atoms with Crippen molar-refractivity contribution in [3.05, 3.63) is 0 Å². The molecule has 1 fully saturated rings. The second-order valence-electron chi connectivity index (χ2n) is 3.50. The normalized spacial score (nSPS) is 36.7. The van der Waals surface area contributed by atoms with Gasteiger partial charge in [0.15, 0.2) is 0 Å². The van der Waals surface area contributed by atoms with Gasteiger partial charge in [0.2, 0.25) is 0 Å². The van der Waals surface area contributed by atoms with Crippen molar-refractivity contribution in [2.45, 2.75) is 32.2 Å². The van der Waals surface area contributed by atoms with E-state index in [0.717, 1.165) is 13.0 Å². The van der Waals surface area contributed by atoms with Crippen LogP contribution in [0.4, 0.5) is 0 Å². The van der Waals surface area contributed by atoms with Crippen LogP contribution >= 0.6 is 0 Å². The van der Waals surface area contributed by atoms with Gasteiger partial charge in [-0.1, -0.05) is 19.2 Å². The summed E-state index contributed by atoms with van der Waals surface area (Å²) in [6.45, 7) is 6.33. The summed E-state index contributed by atoms with van der Waals surface area (Å²) in [5, 5.41) is 0. The number of hydrogen-bond acceptors (Lipinski definition) is 2. The highest BCUT2D eigenvalue weighted by Crippen LogP contribution is 2.26. The summed E-state index contributed by atoms with van der Waals surface area (Å²) in [6, 6.07) is 0. The lowest BCUT2D eigenvalue weighted by molar-refractivity contribution is -0.0658. The van der Waals surface area contributed by atoms with Gasteiger partial charge in [0.05, 0.1) is 20.6 Å². The summed E-state index contributed by atoms with van der Waals surface area (Å²) in [6.07, 6.45) is 1.31. The molecule has 0 N–H and O–H groups in total. The minimum absolute atomic E-state index is 0.220. The topological polar surface area (TPSA) is 18.5 Å². The Kier molecular flexibility index (Phi) is 4.09. The third kappa shape index (κ3) is 2.79. The molecule has 3 unspecified atom stereocenters. The van der Waals surface area contributed by atoms with Gasteiger partial charge < -0.3 is 9.47 Å². The van der Waals surface area contributed by atoms with Crippen molar-refractivity contribution < 1.29 is 9.47 Å². The van der Waals surface area contributed by atoms with Crippen LogP contribution in [0.15, 0.2) is 0 Å². The van der Waals surface area contributed by atoms with Gasteiger partial charge in [-0.3, -0.25) is 0 Å². The Morgan fingerprint density at radius 3 is 2.92 bits per heavy atom. The first-order valence-corrected chi connectivity index (χ1v) is 4.69. The lowest BCUT2D eigenvalue weighted by atomic mass is 9.77. The molecule has 3 atom stereocenters. The van der Waals surface area contributed by atoms with E-state index in [1.807, 2.05) is 6.92 Å². The first-order chi connectivity index (χ1) is 5.74. The quantitative estimate of drug-likeness (QED) is 0.593. The molecule has 0 aromatic carbocycles. The molecule has 2 radical (unpaired) electrons. The Morgan fingerprint density at radius 1 is 1.58 bits per heavy atom. The predicted molar refractivity (Wildman–Crippen MR) is 49.5 cm³/mol. The maximum Gasteiger partial charge on any atom is 0.0833 e. The molecule has 0 spiro atoms. The Balaban J connectivity index is 2.25. The van der Waals surface area contributed by atoms with Gasteiger partial charge >= 0.3 is 0 Å². The number of rotatable bonds is 3. The molecule has 1 rings (SSSR count). The van der Waals surface area contributed by atoms with E-state index in [1.54, 1.807) is 0 Å². The van der Waals surface area contributed by atoms with Crippen molar-refractivity contribution in [3.8, 4) is 0 Å². The van der Waals surface area contributed by atoms with E-state index >= 15 is 0 Å². The van der Waals surface area contributed by atoms with Crippen LogP contribution in [0.1, 0.15) is 20.3 Å². The van der Waals surface area contributed by atoms with E-state index in [2.05, 4.69) is 6.92 Å². The largest absolute Gasteiger partial charge is 0.379 e. The highest BCUT2D eigenvalue weighted by molar-refractivity contribution is 6.11. The molecule has 1 saturated heterocycles. The second kappa shape index (κ2) is 4.88. The van der Waals surface area contributed by atoms with E-state index in [9.17, 15) is 0 Å². The summed E-state index contributed by atoms with van der Waals surface area (Å²) in [5.74, 6) is 0.748. The van der Waals surface area contributed by atoms with Gasteiger partial charge in [-0.15, -0.1) is 0 Å². The number of hydrogen-bond donors (Lipinski definition) is 0. The molecule has 3 heteroatoms.